The molecule has 0 bridgehead atoms. The standard InChI is InChI=1S/C62H35N7/c63-36-44-19-7-11-23-49(44)42-27-29-59-53(31-42)54-32-43(50-24-12-8-20-45(50)37-64)28-30-60(54)69(59)61-55(51-25-13-9-21-46(51)38-65)33-48(34-56(61)52-26-14-10-22-47(52)39-66)58-35-57(40-15-3-1-4-16-40)67-62(68-58)41-17-5-2-6-18-41/h1-35H. The molecule has 0 fully saturated rings. The van der Waals surface area contributed by atoms with Crippen molar-refractivity contribution in [3.63, 3.8) is 0 Å². The van der Waals surface area contributed by atoms with Gasteiger partial charge in [-0.2, -0.15) is 21.0 Å². The van der Waals surface area contributed by atoms with Gasteiger partial charge in [0.2, 0.25) is 0 Å². The van der Waals surface area contributed by atoms with Crippen LogP contribution < -0.4 is 0 Å². The van der Waals surface area contributed by atoms with Crippen molar-refractivity contribution < 1.29 is 0 Å². The third-order valence-corrected chi connectivity index (χ3v) is 12.6. The van der Waals surface area contributed by atoms with Gasteiger partial charge in [-0.25, -0.2) is 9.97 Å². The normalized spacial score (nSPS) is 10.8. The van der Waals surface area contributed by atoms with Crippen molar-refractivity contribution in [1.82, 2.24) is 14.5 Å². The van der Waals surface area contributed by atoms with E-state index in [0.717, 1.165) is 83.3 Å². The Balaban J connectivity index is 1.29. The van der Waals surface area contributed by atoms with Crippen molar-refractivity contribution in [1.29, 1.82) is 21.0 Å². The Bertz CT molecular complexity index is 3760. The molecule has 0 radical (unpaired) electrons. The molecular formula is C62H35N7. The minimum Gasteiger partial charge on any atom is -0.308 e. The monoisotopic (exact) mass is 877 g/mol. The van der Waals surface area contributed by atoms with Crippen molar-refractivity contribution in [2.24, 2.45) is 0 Å². The molecule has 0 saturated heterocycles. The predicted molar refractivity (Wildman–Crippen MR) is 273 cm³/mol. The number of hydrogen-bond acceptors (Lipinski definition) is 6. The summed E-state index contributed by atoms with van der Waals surface area (Å²) in [5.41, 5.74) is 14.7. The van der Waals surface area contributed by atoms with Gasteiger partial charge in [-0.3, -0.25) is 0 Å². The van der Waals surface area contributed by atoms with Gasteiger partial charge in [0.15, 0.2) is 5.82 Å². The van der Waals surface area contributed by atoms with E-state index in [0.29, 0.717) is 44.9 Å². The van der Waals surface area contributed by atoms with Crippen LogP contribution in [0.3, 0.4) is 0 Å². The summed E-state index contributed by atoms with van der Waals surface area (Å²) in [5, 5.41) is 43.9. The van der Waals surface area contributed by atoms with Crippen LogP contribution in [0.4, 0.5) is 0 Å². The molecule has 0 aliphatic heterocycles. The average molecular weight is 878 g/mol. The average Bonchev–Trinajstić information content (AvgIpc) is 3.75. The van der Waals surface area contributed by atoms with Gasteiger partial charge < -0.3 is 4.57 Å². The molecule has 7 heteroatoms. The minimum atomic E-state index is 0.472. The number of hydrogen-bond donors (Lipinski definition) is 0. The summed E-state index contributed by atoms with van der Waals surface area (Å²) in [4.78, 5) is 10.3. The SMILES string of the molecule is N#Cc1ccccc1-c1ccc2c(c1)c1cc(-c3ccccc3C#N)ccc1n2-c1c(-c2ccccc2C#N)cc(-c2cc(-c3ccccc3)nc(-c3ccccc3)n2)cc1-c1ccccc1C#N. The molecule has 0 N–H and O–H groups in total. The summed E-state index contributed by atoms with van der Waals surface area (Å²) in [6.07, 6.45) is 0. The highest BCUT2D eigenvalue weighted by Crippen LogP contribution is 2.47. The molecule has 2 aromatic heterocycles. The Morgan fingerprint density at radius 1 is 0.304 bits per heavy atom. The zero-order valence-corrected chi connectivity index (χ0v) is 36.8. The predicted octanol–water partition coefficient (Wildman–Crippen LogP) is 14.7. The molecular weight excluding hydrogens is 843 g/mol. The zero-order valence-electron chi connectivity index (χ0n) is 36.8. The maximum Gasteiger partial charge on any atom is 0.160 e. The van der Waals surface area contributed by atoms with E-state index < -0.39 is 0 Å². The van der Waals surface area contributed by atoms with Gasteiger partial charge >= 0.3 is 0 Å². The Labute approximate surface area is 398 Å². The molecule has 0 aliphatic rings. The lowest BCUT2D eigenvalue weighted by molar-refractivity contribution is 1.17. The highest BCUT2D eigenvalue weighted by atomic mass is 15.0. The maximum absolute atomic E-state index is 10.8. The molecule has 2 heterocycles. The van der Waals surface area contributed by atoms with Gasteiger partial charge in [0.05, 0.1) is 74.6 Å². The lowest BCUT2D eigenvalue weighted by Gasteiger charge is -2.22. The Kier molecular flexibility index (Phi) is 10.6. The van der Waals surface area contributed by atoms with Gasteiger partial charge in [0.1, 0.15) is 0 Å². The highest BCUT2D eigenvalue weighted by molar-refractivity contribution is 6.13. The molecule has 9 aromatic carbocycles. The smallest absolute Gasteiger partial charge is 0.160 e. The minimum absolute atomic E-state index is 0.472. The maximum atomic E-state index is 10.8. The molecule has 69 heavy (non-hydrogen) atoms. The van der Waals surface area contributed by atoms with Crippen LogP contribution >= 0.6 is 0 Å². The fourth-order valence-corrected chi connectivity index (χ4v) is 9.40. The van der Waals surface area contributed by atoms with Crippen LogP contribution in [0.25, 0.3) is 106 Å². The highest BCUT2D eigenvalue weighted by Gasteiger charge is 2.26. The quantitative estimate of drug-likeness (QED) is 0.150. The van der Waals surface area contributed by atoms with Crippen molar-refractivity contribution in [2.75, 3.05) is 0 Å². The number of fused-ring (bicyclic) bond motifs is 3. The molecule has 0 unspecified atom stereocenters. The molecule has 11 aromatic rings. The largest absolute Gasteiger partial charge is 0.308 e. The molecule has 11 rings (SSSR count). The molecule has 0 saturated carbocycles. The second-order valence-electron chi connectivity index (χ2n) is 16.5. The van der Waals surface area contributed by atoms with Crippen LogP contribution in [0.2, 0.25) is 0 Å². The van der Waals surface area contributed by atoms with Gasteiger partial charge in [-0.15, -0.1) is 0 Å². The molecule has 318 valence electrons. The van der Waals surface area contributed by atoms with Crippen LogP contribution in [-0.2, 0) is 0 Å². The van der Waals surface area contributed by atoms with E-state index in [1.165, 1.54) is 0 Å². The van der Waals surface area contributed by atoms with E-state index in [1.807, 2.05) is 176 Å². The lowest BCUT2D eigenvalue weighted by atomic mass is 9.88. The third-order valence-electron chi connectivity index (χ3n) is 12.6. The van der Waals surface area contributed by atoms with Gasteiger partial charge in [0.25, 0.3) is 0 Å². The van der Waals surface area contributed by atoms with Crippen LogP contribution in [0.5, 0.6) is 0 Å². The summed E-state index contributed by atoms with van der Waals surface area (Å²) in [6, 6.07) is 78.6. The molecule has 0 atom stereocenters. The Hall–Kier alpha value is -10.2. The molecule has 0 aliphatic carbocycles. The van der Waals surface area contributed by atoms with E-state index in [9.17, 15) is 21.0 Å². The van der Waals surface area contributed by atoms with Crippen LogP contribution in [-0.4, -0.2) is 14.5 Å². The van der Waals surface area contributed by atoms with E-state index in [2.05, 4.69) is 65.2 Å². The summed E-state index contributed by atoms with van der Waals surface area (Å²) >= 11 is 0. The number of nitriles is 4. The summed E-state index contributed by atoms with van der Waals surface area (Å²) in [7, 11) is 0. The topological polar surface area (TPSA) is 126 Å². The first-order valence-electron chi connectivity index (χ1n) is 22.3. The Morgan fingerprint density at radius 2 is 0.681 bits per heavy atom. The fourth-order valence-electron chi connectivity index (χ4n) is 9.40. The third kappa shape index (κ3) is 7.42. The van der Waals surface area contributed by atoms with Crippen molar-refractivity contribution in [3.8, 4) is 108 Å². The number of nitrogens with zero attached hydrogens (tertiary/aromatic N) is 7. The van der Waals surface area contributed by atoms with E-state index >= 15 is 0 Å². The van der Waals surface area contributed by atoms with Crippen LogP contribution in [0, 0.1) is 45.3 Å². The second-order valence-corrected chi connectivity index (χ2v) is 16.5. The van der Waals surface area contributed by atoms with Crippen molar-refractivity contribution in [2.45, 2.75) is 0 Å². The molecule has 0 amide bonds. The number of benzene rings is 9. The number of aromatic nitrogens is 3. The lowest BCUT2D eigenvalue weighted by Crippen LogP contribution is -2.04. The summed E-state index contributed by atoms with van der Waals surface area (Å²) in [5.74, 6) is 0.555. The van der Waals surface area contributed by atoms with Gasteiger partial charge in [-0.1, -0.05) is 146 Å². The summed E-state index contributed by atoms with van der Waals surface area (Å²) < 4.78 is 2.23. The van der Waals surface area contributed by atoms with E-state index in [1.54, 1.807) is 0 Å². The fraction of sp³-hybridized carbons (Fsp3) is 0. The first-order valence-corrected chi connectivity index (χ1v) is 22.3. The van der Waals surface area contributed by atoms with Crippen LogP contribution in [0.15, 0.2) is 212 Å². The van der Waals surface area contributed by atoms with E-state index in [4.69, 9.17) is 9.97 Å². The van der Waals surface area contributed by atoms with Gasteiger partial charge in [-0.05, 0) is 89.0 Å². The van der Waals surface area contributed by atoms with Gasteiger partial charge in [0, 0.05) is 49.7 Å². The zero-order chi connectivity index (χ0) is 46.8. The first-order chi connectivity index (χ1) is 34.0. The van der Waals surface area contributed by atoms with Crippen LogP contribution in [0.1, 0.15) is 22.3 Å². The van der Waals surface area contributed by atoms with Crippen molar-refractivity contribution in [3.05, 3.63) is 235 Å². The van der Waals surface area contributed by atoms with E-state index in [-0.39, 0.29) is 0 Å². The Morgan fingerprint density at radius 3 is 1.13 bits per heavy atom. The first kappa shape index (κ1) is 41.5. The number of rotatable bonds is 8. The molecule has 0 spiro atoms. The summed E-state index contributed by atoms with van der Waals surface area (Å²) in [6.45, 7) is 0. The molecule has 7 nitrogen and oxygen atoms in total. The second kappa shape index (κ2) is 17.7. The van der Waals surface area contributed by atoms with Crippen molar-refractivity contribution >= 4 is 21.8 Å².